The molecule has 0 spiro atoms. The van der Waals surface area contributed by atoms with Gasteiger partial charge >= 0.3 is 0 Å². The Kier molecular flexibility index (Phi) is 4.44. The predicted octanol–water partition coefficient (Wildman–Crippen LogP) is 3.03. The molecule has 1 aromatic carbocycles. The van der Waals surface area contributed by atoms with Gasteiger partial charge in [0, 0.05) is 12.0 Å². The van der Waals surface area contributed by atoms with Gasteiger partial charge < -0.3 is 4.74 Å². The first-order chi connectivity index (χ1) is 7.99. The van der Waals surface area contributed by atoms with E-state index in [1.165, 1.54) is 0 Å². The van der Waals surface area contributed by atoms with Gasteiger partial charge in [0.1, 0.15) is 12.0 Å². The van der Waals surface area contributed by atoms with E-state index in [2.05, 4.69) is 0 Å². The van der Waals surface area contributed by atoms with Gasteiger partial charge in [-0.05, 0) is 44.5 Å². The monoisotopic (exact) mass is 234 g/mol. The highest BCUT2D eigenvalue weighted by Crippen LogP contribution is 2.20. The highest BCUT2D eigenvalue weighted by molar-refractivity contribution is 5.86. The van der Waals surface area contributed by atoms with Crippen LogP contribution in [0.3, 0.4) is 0 Å². The van der Waals surface area contributed by atoms with Crippen LogP contribution in [0.15, 0.2) is 24.3 Å². The molecule has 17 heavy (non-hydrogen) atoms. The summed E-state index contributed by atoms with van der Waals surface area (Å²) in [5, 5.41) is 0. The third kappa shape index (κ3) is 3.70. The van der Waals surface area contributed by atoms with Crippen LogP contribution in [0.4, 0.5) is 0 Å². The molecule has 0 saturated carbocycles. The SMILES string of the molecule is CCCC(=O)C(C)(C)Oc1ccc(C=O)cc1. The Morgan fingerprint density at radius 3 is 2.35 bits per heavy atom. The molecule has 3 nitrogen and oxygen atoms in total. The van der Waals surface area contributed by atoms with Crippen LogP contribution in [0.5, 0.6) is 5.75 Å². The first kappa shape index (κ1) is 13.4. The van der Waals surface area contributed by atoms with E-state index in [4.69, 9.17) is 4.74 Å². The number of rotatable bonds is 6. The summed E-state index contributed by atoms with van der Waals surface area (Å²) >= 11 is 0. The quantitative estimate of drug-likeness (QED) is 0.710. The lowest BCUT2D eigenvalue weighted by molar-refractivity contribution is -0.131. The summed E-state index contributed by atoms with van der Waals surface area (Å²) in [5.74, 6) is 0.685. The van der Waals surface area contributed by atoms with Crippen molar-refractivity contribution >= 4 is 12.1 Å². The van der Waals surface area contributed by atoms with Gasteiger partial charge in [-0.3, -0.25) is 9.59 Å². The summed E-state index contributed by atoms with van der Waals surface area (Å²) < 4.78 is 5.65. The number of carbonyl (C=O) groups excluding carboxylic acids is 2. The molecule has 1 rings (SSSR count). The molecular formula is C14H18O3. The van der Waals surface area contributed by atoms with E-state index in [1.54, 1.807) is 38.1 Å². The number of aldehydes is 1. The van der Waals surface area contributed by atoms with Crippen LogP contribution in [-0.2, 0) is 4.79 Å². The molecule has 0 unspecified atom stereocenters. The van der Waals surface area contributed by atoms with E-state index in [0.29, 0.717) is 17.7 Å². The van der Waals surface area contributed by atoms with Gasteiger partial charge in [-0.2, -0.15) is 0 Å². The van der Waals surface area contributed by atoms with E-state index in [0.717, 1.165) is 12.7 Å². The number of Topliss-reactive ketones (excluding diaryl/α,β-unsaturated/α-hetero) is 1. The van der Waals surface area contributed by atoms with E-state index in [-0.39, 0.29) is 5.78 Å². The normalized spacial score (nSPS) is 11.0. The summed E-state index contributed by atoms with van der Waals surface area (Å²) in [4.78, 5) is 22.3. The Hall–Kier alpha value is -1.64. The summed E-state index contributed by atoms with van der Waals surface area (Å²) in [6.45, 7) is 5.49. The summed E-state index contributed by atoms with van der Waals surface area (Å²) in [5.41, 5.74) is -0.228. The second-order valence-electron chi connectivity index (χ2n) is 4.47. The smallest absolute Gasteiger partial charge is 0.175 e. The minimum atomic E-state index is -0.821. The van der Waals surface area contributed by atoms with Crippen LogP contribution in [0.1, 0.15) is 44.0 Å². The zero-order valence-electron chi connectivity index (χ0n) is 10.5. The van der Waals surface area contributed by atoms with E-state index >= 15 is 0 Å². The van der Waals surface area contributed by atoms with Gasteiger partial charge in [-0.25, -0.2) is 0 Å². The summed E-state index contributed by atoms with van der Waals surface area (Å²) in [6.07, 6.45) is 2.10. The standard InChI is InChI=1S/C14H18O3/c1-4-5-13(16)14(2,3)17-12-8-6-11(10-15)7-9-12/h6-10H,4-5H2,1-3H3. The molecule has 0 atom stereocenters. The largest absolute Gasteiger partial charge is 0.480 e. The highest BCUT2D eigenvalue weighted by Gasteiger charge is 2.28. The lowest BCUT2D eigenvalue weighted by Gasteiger charge is -2.24. The van der Waals surface area contributed by atoms with Gasteiger partial charge in [-0.1, -0.05) is 6.92 Å². The fourth-order valence-electron chi connectivity index (χ4n) is 1.49. The molecule has 0 saturated heterocycles. The van der Waals surface area contributed by atoms with E-state index < -0.39 is 5.60 Å². The van der Waals surface area contributed by atoms with Crippen molar-refractivity contribution in [3.05, 3.63) is 29.8 Å². The van der Waals surface area contributed by atoms with Crippen molar-refractivity contribution in [3.63, 3.8) is 0 Å². The second-order valence-corrected chi connectivity index (χ2v) is 4.47. The molecule has 0 N–H and O–H groups in total. The zero-order valence-corrected chi connectivity index (χ0v) is 10.5. The van der Waals surface area contributed by atoms with Crippen molar-refractivity contribution in [1.29, 1.82) is 0 Å². The maximum Gasteiger partial charge on any atom is 0.175 e. The minimum absolute atomic E-state index is 0.0828. The zero-order chi connectivity index (χ0) is 12.9. The Bertz CT molecular complexity index is 390. The Morgan fingerprint density at radius 2 is 1.88 bits per heavy atom. The number of hydrogen-bond acceptors (Lipinski definition) is 3. The highest BCUT2D eigenvalue weighted by atomic mass is 16.5. The van der Waals surface area contributed by atoms with Crippen molar-refractivity contribution in [2.24, 2.45) is 0 Å². The molecule has 0 heterocycles. The van der Waals surface area contributed by atoms with E-state index in [9.17, 15) is 9.59 Å². The fourth-order valence-corrected chi connectivity index (χ4v) is 1.49. The topological polar surface area (TPSA) is 43.4 Å². The van der Waals surface area contributed by atoms with Gasteiger partial charge in [0.05, 0.1) is 0 Å². The van der Waals surface area contributed by atoms with Crippen LogP contribution in [0, 0.1) is 0 Å². The lowest BCUT2D eigenvalue weighted by Crippen LogP contribution is -2.38. The molecule has 0 aliphatic rings. The molecule has 0 aliphatic heterocycles. The van der Waals surface area contributed by atoms with Crippen molar-refractivity contribution < 1.29 is 14.3 Å². The van der Waals surface area contributed by atoms with Crippen LogP contribution >= 0.6 is 0 Å². The van der Waals surface area contributed by atoms with Gasteiger partial charge in [0.15, 0.2) is 11.4 Å². The molecule has 0 radical (unpaired) electrons. The molecule has 1 aromatic rings. The van der Waals surface area contributed by atoms with Crippen LogP contribution in [0.25, 0.3) is 0 Å². The van der Waals surface area contributed by atoms with Crippen molar-refractivity contribution in [2.45, 2.75) is 39.2 Å². The molecular weight excluding hydrogens is 216 g/mol. The van der Waals surface area contributed by atoms with E-state index in [1.807, 2.05) is 6.92 Å². The average molecular weight is 234 g/mol. The van der Waals surface area contributed by atoms with Gasteiger partial charge in [0.2, 0.25) is 0 Å². The Labute approximate surface area is 102 Å². The first-order valence-electron chi connectivity index (χ1n) is 5.77. The molecule has 92 valence electrons. The first-order valence-corrected chi connectivity index (χ1v) is 5.77. The van der Waals surface area contributed by atoms with Crippen LogP contribution in [-0.4, -0.2) is 17.7 Å². The number of hydrogen-bond donors (Lipinski definition) is 0. The molecule has 0 bridgehead atoms. The van der Waals surface area contributed by atoms with Crippen molar-refractivity contribution in [1.82, 2.24) is 0 Å². The van der Waals surface area contributed by atoms with Crippen LogP contribution < -0.4 is 4.74 Å². The number of carbonyl (C=O) groups is 2. The average Bonchev–Trinajstić information content (AvgIpc) is 2.30. The third-order valence-corrected chi connectivity index (χ3v) is 2.54. The Morgan fingerprint density at radius 1 is 1.29 bits per heavy atom. The molecule has 3 heteroatoms. The molecule has 0 aliphatic carbocycles. The number of ketones is 1. The lowest BCUT2D eigenvalue weighted by atomic mass is 9.99. The van der Waals surface area contributed by atoms with Gasteiger partial charge in [0.25, 0.3) is 0 Å². The second kappa shape index (κ2) is 5.62. The number of ether oxygens (including phenoxy) is 1. The minimum Gasteiger partial charge on any atom is -0.480 e. The third-order valence-electron chi connectivity index (χ3n) is 2.54. The fraction of sp³-hybridized carbons (Fsp3) is 0.429. The maximum atomic E-state index is 11.8. The predicted molar refractivity (Wildman–Crippen MR) is 66.5 cm³/mol. The Balaban J connectivity index is 2.74. The van der Waals surface area contributed by atoms with Crippen molar-refractivity contribution in [3.8, 4) is 5.75 Å². The molecule has 0 aromatic heterocycles. The van der Waals surface area contributed by atoms with Crippen LogP contribution in [0.2, 0.25) is 0 Å². The summed E-state index contributed by atoms with van der Waals surface area (Å²) in [7, 11) is 0. The number of benzene rings is 1. The molecule has 0 amide bonds. The molecule has 0 fully saturated rings. The maximum absolute atomic E-state index is 11.8. The van der Waals surface area contributed by atoms with Gasteiger partial charge in [-0.15, -0.1) is 0 Å². The van der Waals surface area contributed by atoms with Crippen molar-refractivity contribution in [2.75, 3.05) is 0 Å². The summed E-state index contributed by atoms with van der Waals surface area (Å²) in [6, 6.07) is 6.74.